The maximum Gasteiger partial charge on any atom is 0.407 e. The first-order valence-corrected chi connectivity index (χ1v) is 10.5. The first kappa shape index (κ1) is 23.0. The fourth-order valence-corrected chi connectivity index (χ4v) is 3.18. The first-order valence-electron chi connectivity index (χ1n) is 10.5. The van der Waals surface area contributed by atoms with Gasteiger partial charge >= 0.3 is 12.1 Å². The lowest BCUT2D eigenvalue weighted by Gasteiger charge is -2.19. The molecule has 0 atom stereocenters. The number of carboxylic acids is 1. The van der Waals surface area contributed by atoms with E-state index >= 15 is 0 Å². The van der Waals surface area contributed by atoms with Crippen molar-refractivity contribution in [1.29, 1.82) is 0 Å². The highest BCUT2D eigenvalue weighted by atomic mass is 16.6. The van der Waals surface area contributed by atoms with E-state index in [1.807, 2.05) is 49.9 Å². The Balaban J connectivity index is 1.82. The Labute approximate surface area is 185 Å². The summed E-state index contributed by atoms with van der Waals surface area (Å²) in [5.74, 6) is 0.221. The minimum atomic E-state index is -1.07. The van der Waals surface area contributed by atoms with Crippen LogP contribution in [0.5, 0.6) is 0 Å². The lowest BCUT2D eigenvalue weighted by Crippen LogP contribution is -2.33. The highest BCUT2D eigenvalue weighted by molar-refractivity contribution is 5.91. The number of fused-ring (bicyclic) bond motifs is 1. The molecule has 11 heteroatoms. The zero-order valence-electron chi connectivity index (χ0n) is 19.0. The predicted octanol–water partition coefficient (Wildman–Crippen LogP) is 3.31. The summed E-state index contributed by atoms with van der Waals surface area (Å²) in [5, 5.41) is 19.7. The molecule has 0 aliphatic rings. The van der Waals surface area contributed by atoms with Gasteiger partial charge in [-0.25, -0.2) is 24.2 Å². The molecule has 0 fully saturated rings. The average Bonchev–Trinajstić information content (AvgIpc) is 3.22. The van der Waals surface area contributed by atoms with Crippen LogP contribution in [0, 0.1) is 6.92 Å². The van der Waals surface area contributed by atoms with Crippen LogP contribution >= 0.6 is 0 Å². The molecule has 3 aromatic heterocycles. The van der Waals surface area contributed by atoms with Crippen molar-refractivity contribution in [2.24, 2.45) is 0 Å². The molecule has 0 aromatic carbocycles. The Morgan fingerprint density at radius 2 is 2.00 bits per heavy atom. The quantitative estimate of drug-likeness (QED) is 0.451. The lowest BCUT2D eigenvalue weighted by molar-refractivity contribution is 0.0526. The van der Waals surface area contributed by atoms with Gasteiger partial charge in [0.2, 0.25) is 5.95 Å². The van der Waals surface area contributed by atoms with Crippen LogP contribution in [0.3, 0.4) is 0 Å². The van der Waals surface area contributed by atoms with Crippen LogP contribution in [0.4, 0.5) is 16.6 Å². The molecule has 0 aliphatic carbocycles. The first-order chi connectivity index (χ1) is 15.1. The third-order valence-electron chi connectivity index (χ3n) is 4.50. The van der Waals surface area contributed by atoms with E-state index in [0.717, 1.165) is 11.5 Å². The Morgan fingerprint density at radius 1 is 1.25 bits per heavy atom. The smallest absolute Gasteiger partial charge is 0.407 e. The number of amides is 1. The van der Waals surface area contributed by atoms with Gasteiger partial charge in [-0.2, -0.15) is 5.10 Å². The summed E-state index contributed by atoms with van der Waals surface area (Å²) in [6, 6.07) is 3.40. The van der Waals surface area contributed by atoms with Gasteiger partial charge in [0.25, 0.3) is 0 Å². The van der Waals surface area contributed by atoms with Crippen LogP contribution in [0.1, 0.15) is 50.2 Å². The van der Waals surface area contributed by atoms with Crippen molar-refractivity contribution in [3.8, 4) is 0 Å². The highest BCUT2D eigenvalue weighted by Crippen LogP contribution is 2.23. The van der Waals surface area contributed by atoms with Crippen LogP contribution < -0.4 is 10.6 Å². The summed E-state index contributed by atoms with van der Waals surface area (Å²) in [7, 11) is 0. The normalized spacial score (nSPS) is 11.5. The molecule has 1 amide bonds. The number of hydrogen-bond donors (Lipinski definition) is 3. The second-order valence-electron chi connectivity index (χ2n) is 8.35. The molecule has 0 bridgehead atoms. The van der Waals surface area contributed by atoms with Crippen molar-refractivity contribution in [3.63, 3.8) is 0 Å². The summed E-state index contributed by atoms with van der Waals surface area (Å²) in [4.78, 5) is 32.1. The van der Waals surface area contributed by atoms with Crippen molar-refractivity contribution in [2.45, 2.75) is 59.7 Å². The molecule has 0 saturated heterocycles. The van der Waals surface area contributed by atoms with Gasteiger partial charge in [0, 0.05) is 31.9 Å². The van der Waals surface area contributed by atoms with Gasteiger partial charge < -0.3 is 20.5 Å². The van der Waals surface area contributed by atoms with E-state index in [0.29, 0.717) is 43.2 Å². The Hall–Kier alpha value is -3.63. The topological polar surface area (TPSA) is 136 Å². The second kappa shape index (κ2) is 9.25. The van der Waals surface area contributed by atoms with Gasteiger partial charge in [0.1, 0.15) is 16.9 Å². The summed E-state index contributed by atoms with van der Waals surface area (Å²) in [5.41, 5.74) is 1.38. The number of carbonyl (C=O) groups excluding carboxylic acids is 1. The molecule has 32 heavy (non-hydrogen) atoms. The number of nitrogens with zero attached hydrogens (tertiary/aromatic N) is 5. The van der Waals surface area contributed by atoms with E-state index < -0.39 is 17.7 Å². The molecule has 0 unspecified atom stereocenters. The molecule has 3 aromatic rings. The monoisotopic (exact) mass is 443 g/mol. The maximum atomic E-state index is 11.9. The number of nitrogens with one attached hydrogen (secondary N) is 2. The Morgan fingerprint density at radius 3 is 2.66 bits per heavy atom. The number of pyridine rings is 1. The number of ether oxygens (including phenoxy) is 1. The molecule has 3 rings (SSSR count). The van der Waals surface area contributed by atoms with Crippen molar-refractivity contribution in [3.05, 3.63) is 29.6 Å². The highest BCUT2D eigenvalue weighted by Gasteiger charge is 2.18. The van der Waals surface area contributed by atoms with Crippen LogP contribution in [-0.4, -0.2) is 53.6 Å². The minimum Gasteiger partial charge on any atom is -0.478 e. The van der Waals surface area contributed by atoms with E-state index in [9.17, 15) is 14.7 Å². The minimum absolute atomic E-state index is 0.0646. The molecular formula is C21H29N7O4. The Kier molecular flexibility index (Phi) is 6.66. The van der Waals surface area contributed by atoms with Crippen LogP contribution in [0.15, 0.2) is 18.3 Å². The molecule has 11 nitrogen and oxygen atoms in total. The van der Waals surface area contributed by atoms with E-state index in [1.165, 1.54) is 12.3 Å². The number of aromatic carboxylic acids is 1. The number of imidazole rings is 1. The number of carbonyl (C=O) groups is 2. The van der Waals surface area contributed by atoms with Crippen LogP contribution in [0.25, 0.3) is 11.2 Å². The van der Waals surface area contributed by atoms with E-state index in [2.05, 4.69) is 25.7 Å². The van der Waals surface area contributed by atoms with Crippen LogP contribution in [-0.2, 0) is 17.8 Å². The number of alkyl carbamates (subject to hydrolysis) is 1. The predicted molar refractivity (Wildman–Crippen MR) is 119 cm³/mol. The number of hydrogen-bond acceptors (Lipinski definition) is 7. The average molecular weight is 444 g/mol. The zero-order valence-corrected chi connectivity index (χ0v) is 19.0. The maximum absolute atomic E-state index is 11.9. The molecule has 0 aliphatic heterocycles. The molecular weight excluding hydrogens is 414 g/mol. The van der Waals surface area contributed by atoms with Crippen molar-refractivity contribution >= 4 is 35.0 Å². The third kappa shape index (κ3) is 5.54. The van der Waals surface area contributed by atoms with Crippen molar-refractivity contribution in [2.75, 3.05) is 11.9 Å². The SMILES string of the molecule is CCn1nc(C)cc1Nc1nc2cc(C(=O)O)cnc2n1CCCNC(=O)OC(C)(C)C. The number of aromatic nitrogens is 5. The summed E-state index contributed by atoms with van der Waals surface area (Å²) in [6.07, 6.45) is 1.43. The van der Waals surface area contributed by atoms with Gasteiger partial charge in [0.05, 0.1) is 11.3 Å². The standard InChI is InChI=1S/C21H29N7O4/c1-6-28-16(10-13(2)26-28)25-19-24-15-11-14(18(29)30)12-23-17(15)27(19)9-7-8-22-20(31)32-21(3,4)5/h10-12H,6-9H2,1-5H3,(H,22,31)(H,24,25)(H,29,30). The fourth-order valence-electron chi connectivity index (χ4n) is 3.18. The fraction of sp³-hybridized carbons (Fsp3) is 0.476. The zero-order chi connectivity index (χ0) is 23.5. The lowest BCUT2D eigenvalue weighted by atomic mass is 10.2. The van der Waals surface area contributed by atoms with Gasteiger partial charge in [-0.3, -0.25) is 4.57 Å². The third-order valence-corrected chi connectivity index (χ3v) is 4.50. The number of rotatable bonds is 8. The molecule has 172 valence electrons. The number of aryl methyl sites for hydroxylation is 3. The number of carboxylic acid groups (broad SMARTS) is 1. The largest absolute Gasteiger partial charge is 0.478 e. The summed E-state index contributed by atoms with van der Waals surface area (Å²) >= 11 is 0. The van der Waals surface area contributed by atoms with Gasteiger partial charge in [-0.05, 0) is 47.1 Å². The molecule has 0 saturated carbocycles. The summed E-state index contributed by atoms with van der Waals surface area (Å²) in [6.45, 7) is 10.9. The van der Waals surface area contributed by atoms with E-state index in [1.54, 1.807) is 0 Å². The van der Waals surface area contributed by atoms with E-state index in [4.69, 9.17) is 4.74 Å². The summed E-state index contributed by atoms with van der Waals surface area (Å²) < 4.78 is 8.93. The molecule has 3 heterocycles. The molecule has 3 N–H and O–H groups in total. The second-order valence-corrected chi connectivity index (χ2v) is 8.35. The van der Waals surface area contributed by atoms with Gasteiger partial charge in [-0.15, -0.1) is 0 Å². The van der Waals surface area contributed by atoms with Crippen molar-refractivity contribution < 1.29 is 19.4 Å². The number of anilines is 2. The van der Waals surface area contributed by atoms with Crippen LogP contribution in [0.2, 0.25) is 0 Å². The van der Waals surface area contributed by atoms with Crippen molar-refractivity contribution in [1.82, 2.24) is 29.6 Å². The van der Waals surface area contributed by atoms with E-state index in [-0.39, 0.29) is 5.56 Å². The van der Waals surface area contributed by atoms with Gasteiger partial charge in [0.15, 0.2) is 5.65 Å². The molecule has 0 radical (unpaired) electrons. The Bertz CT molecular complexity index is 1130. The molecule has 0 spiro atoms. The van der Waals surface area contributed by atoms with Gasteiger partial charge in [-0.1, -0.05) is 0 Å².